The van der Waals surface area contributed by atoms with E-state index in [4.69, 9.17) is 9.15 Å². The molecular weight excluding hydrogens is 332 g/mol. The van der Waals surface area contributed by atoms with Crippen molar-refractivity contribution >= 4 is 16.9 Å². The van der Waals surface area contributed by atoms with E-state index in [9.17, 15) is 9.59 Å². The Morgan fingerprint density at radius 3 is 2.85 bits per heavy atom. The van der Waals surface area contributed by atoms with Crippen LogP contribution in [0.4, 0.5) is 0 Å². The molecule has 1 aromatic heterocycles. The molecule has 2 aromatic rings. The van der Waals surface area contributed by atoms with Crippen LogP contribution in [0.1, 0.15) is 32.3 Å². The van der Waals surface area contributed by atoms with Crippen molar-refractivity contribution in [3.63, 3.8) is 0 Å². The Morgan fingerprint density at radius 1 is 1.35 bits per heavy atom. The molecule has 2 N–H and O–H groups in total. The summed E-state index contributed by atoms with van der Waals surface area (Å²) in [5, 5.41) is 7.18. The van der Waals surface area contributed by atoms with E-state index >= 15 is 0 Å². The summed E-state index contributed by atoms with van der Waals surface area (Å²) in [6.45, 7) is 6.41. The molecule has 1 unspecified atom stereocenters. The molecule has 1 aliphatic rings. The van der Waals surface area contributed by atoms with Crippen LogP contribution in [0.2, 0.25) is 0 Å². The van der Waals surface area contributed by atoms with Crippen molar-refractivity contribution < 1.29 is 13.9 Å². The summed E-state index contributed by atoms with van der Waals surface area (Å²) in [4.78, 5) is 23.9. The standard InChI is InChI=1S/C20H26N2O4/c1-3-15-10-19(23)26-18-11-16(4-5-17(15)18)25-13(2)20(24)22-12-14-6-8-21-9-7-14/h4-5,10-11,13-14,21H,3,6-9,12H2,1-2H3,(H,22,24). The molecule has 2 heterocycles. The molecule has 0 bridgehead atoms. The van der Waals surface area contributed by atoms with Gasteiger partial charge in [0.1, 0.15) is 11.3 Å². The lowest BCUT2D eigenvalue weighted by Crippen LogP contribution is -2.41. The van der Waals surface area contributed by atoms with Crippen LogP contribution < -0.4 is 21.0 Å². The van der Waals surface area contributed by atoms with Crippen LogP contribution in [0.5, 0.6) is 5.75 Å². The van der Waals surface area contributed by atoms with Crippen molar-refractivity contribution in [2.75, 3.05) is 19.6 Å². The van der Waals surface area contributed by atoms with Gasteiger partial charge in [0.05, 0.1) is 0 Å². The highest BCUT2D eigenvalue weighted by molar-refractivity contribution is 5.83. The van der Waals surface area contributed by atoms with Gasteiger partial charge >= 0.3 is 5.63 Å². The Hall–Kier alpha value is -2.34. The summed E-state index contributed by atoms with van der Waals surface area (Å²) in [6.07, 6.45) is 2.30. The maximum Gasteiger partial charge on any atom is 0.336 e. The zero-order valence-electron chi connectivity index (χ0n) is 15.3. The highest BCUT2D eigenvalue weighted by Gasteiger charge is 2.18. The van der Waals surface area contributed by atoms with E-state index in [1.807, 2.05) is 13.0 Å². The van der Waals surface area contributed by atoms with Crippen molar-refractivity contribution in [2.24, 2.45) is 5.92 Å². The predicted octanol–water partition coefficient (Wildman–Crippen LogP) is 2.24. The second kappa shape index (κ2) is 8.36. The Balaban J connectivity index is 1.63. The highest BCUT2D eigenvalue weighted by Crippen LogP contribution is 2.23. The minimum atomic E-state index is -0.616. The molecule has 1 amide bonds. The van der Waals surface area contributed by atoms with Crippen molar-refractivity contribution in [1.82, 2.24) is 10.6 Å². The molecule has 0 saturated carbocycles. The SMILES string of the molecule is CCc1cc(=O)oc2cc(OC(C)C(=O)NCC3CCNCC3)ccc12. The van der Waals surface area contributed by atoms with Gasteiger partial charge in [0.25, 0.3) is 5.91 Å². The van der Waals surface area contributed by atoms with Crippen molar-refractivity contribution in [3.05, 3.63) is 40.2 Å². The minimum Gasteiger partial charge on any atom is -0.481 e. The first-order valence-electron chi connectivity index (χ1n) is 9.28. The van der Waals surface area contributed by atoms with Crippen molar-refractivity contribution in [3.8, 4) is 5.75 Å². The minimum absolute atomic E-state index is 0.132. The Kier molecular flexibility index (Phi) is 5.93. The average Bonchev–Trinajstić information content (AvgIpc) is 2.65. The first kappa shape index (κ1) is 18.5. The van der Waals surface area contributed by atoms with Gasteiger partial charge in [-0.3, -0.25) is 4.79 Å². The van der Waals surface area contributed by atoms with E-state index in [0.717, 1.165) is 43.3 Å². The molecule has 26 heavy (non-hydrogen) atoms. The third-order valence-corrected chi connectivity index (χ3v) is 4.89. The first-order valence-corrected chi connectivity index (χ1v) is 9.28. The summed E-state index contributed by atoms with van der Waals surface area (Å²) in [5.74, 6) is 0.903. The van der Waals surface area contributed by atoms with Crippen molar-refractivity contribution in [2.45, 2.75) is 39.2 Å². The maximum atomic E-state index is 12.3. The van der Waals surface area contributed by atoms with Crippen LogP contribution in [-0.2, 0) is 11.2 Å². The molecule has 1 fully saturated rings. The van der Waals surface area contributed by atoms with Gasteiger partial charge in [0.2, 0.25) is 0 Å². The van der Waals surface area contributed by atoms with Crippen LogP contribution in [0.15, 0.2) is 33.5 Å². The number of nitrogens with one attached hydrogen (secondary N) is 2. The fourth-order valence-electron chi connectivity index (χ4n) is 3.31. The second-order valence-electron chi connectivity index (χ2n) is 6.80. The van der Waals surface area contributed by atoms with Gasteiger partial charge in [0, 0.05) is 24.1 Å². The maximum absolute atomic E-state index is 12.3. The van der Waals surface area contributed by atoms with E-state index in [1.165, 1.54) is 6.07 Å². The normalized spacial score (nSPS) is 16.4. The molecule has 1 saturated heterocycles. The third kappa shape index (κ3) is 4.43. The third-order valence-electron chi connectivity index (χ3n) is 4.89. The zero-order chi connectivity index (χ0) is 18.5. The lowest BCUT2D eigenvalue weighted by atomic mass is 9.98. The molecule has 6 heteroatoms. The van der Waals surface area contributed by atoms with E-state index in [2.05, 4.69) is 10.6 Å². The second-order valence-corrected chi connectivity index (χ2v) is 6.80. The van der Waals surface area contributed by atoms with Gasteiger partial charge in [-0.1, -0.05) is 6.92 Å². The quantitative estimate of drug-likeness (QED) is 0.774. The molecule has 0 radical (unpaired) electrons. The lowest BCUT2D eigenvalue weighted by molar-refractivity contribution is -0.127. The van der Waals surface area contributed by atoms with E-state index in [0.29, 0.717) is 23.8 Å². The molecule has 1 aromatic carbocycles. The molecule has 0 spiro atoms. The van der Waals surface area contributed by atoms with Gasteiger partial charge in [-0.15, -0.1) is 0 Å². The molecule has 1 atom stereocenters. The van der Waals surface area contributed by atoms with Gasteiger partial charge in [-0.05, 0) is 62.9 Å². The fraction of sp³-hybridized carbons (Fsp3) is 0.500. The van der Waals surface area contributed by atoms with Crippen LogP contribution in [0.25, 0.3) is 11.0 Å². The Bertz CT molecular complexity index is 824. The molecule has 1 aliphatic heterocycles. The van der Waals surface area contributed by atoms with Gasteiger partial charge in [0.15, 0.2) is 6.10 Å². The number of amides is 1. The largest absolute Gasteiger partial charge is 0.481 e. The predicted molar refractivity (Wildman–Crippen MR) is 101 cm³/mol. The molecule has 6 nitrogen and oxygen atoms in total. The number of aryl methyl sites for hydroxylation is 1. The number of hydrogen-bond donors (Lipinski definition) is 2. The van der Waals surface area contributed by atoms with Crippen LogP contribution in [0, 0.1) is 5.92 Å². The summed E-state index contributed by atoms with van der Waals surface area (Å²) < 4.78 is 11.0. The topological polar surface area (TPSA) is 80.6 Å². The van der Waals surface area contributed by atoms with Crippen LogP contribution in [-0.4, -0.2) is 31.6 Å². The first-order chi connectivity index (χ1) is 12.6. The summed E-state index contributed by atoms with van der Waals surface area (Å²) in [7, 11) is 0. The number of carbonyl (C=O) groups is 1. The summed E-state index contributed by atoms with van der Waals surface area (Å²) in [6, 6.07) is 6.86. The van der Waals surface area contributed by atoms with Gasteiger partial charge in [-0.25, -0.2) is 4.79 Å². The molecule has 3 rings (SSSR count). The number of benzene rings is 1. The molecule has 0 aliphatic carbocycles. The zero-order valence-corrected chi connectivity index (χ0v) is 15.3. The monoisotopic (exact) mass is 358 g/mol. The smallest absolute Gasteiger partial charge is 0.336 e. The Morgan fingerprint density at radius 2 is 2.12 bits per heavy atom. The lowest BCUT2D eigenvalue weighted by Gasteiger charge is -2.23. The van der Waals surface area contributed by atoms with Crippen LogP contribution in [0.3, 0.4) is 0 Å². The number of fused-ring (bicyclic) bond motifs is 1. The number of hydrogen-bond acceptors (Lipinski definition) is 5. The number of piperidine rings is 1. The summed E-state index contributed by atoms with van der Waals surface area (Å²) >= 11 is 0. The van der Waals surface area contributed by atoms with Crippen molar-refractivity contribution in [1.29, 1.82) is 0 Å². The fourth-order valence-corrected chi connectivity index (χ4v) is 3.31. The average molecular weight is 358 g/mol. The Labute approximate surface area is 152 Å². The molecular formula is C20H26N2O4. The van der Waals surface area contributed by atoms with E-state index < -0.39 is 6.10 Å². The van der Waals surface area contributed by atoms with Gasteiger partial charge in [-0.2, -0.15) is 0 Å². The van der Waals surface area contributed by atoms with E-state index in [-0.39, 0.29) is 11.5 Å². The number of ether oxygens (including phenoxy) is 1. The number of rotatable bonds is 6. The highest BCUT2D eigenvalue weighted by atomic mass is 16.5. The summed E-state index contributed by atoms with van der Waals surface area (Å²) in [5.41, 5.74) is 1.05. The van der Waals surface area contributed by atoms with Crippen LogP contribution >= 0.6 is 0 Å². The molecule has 140 valence electrons. The number of carbonyl (C=O) groups excluding carboxylic acids is 1. The van der Waals surface area contributed by atoms with E-state index in [1.54, 1.807) is 19.1 Å². The van der Waals surface area contributed by atoms with Gasteiger partial charge < -0.3 is 19.8 Å².